The van der Waals surface area contributed by atoms with Gasteiger partial charge < -0.3 is 19.5 Å². The van der Waals surface area contributed by atoms with Gasteiger partial charge in [-0.05, 0) is 37.6 Å². The molecule has 0 aliphatic rings. The van der Waals surface area contributed by atoms with Crippen molar-refractivity contribution >= 4 is 16.9 Å². The molecule has 0 aliphatic heterocycles. The van der Waals surface area contributed by atoms with Gasteiger partial charge in [-0.15, -0.1) is 0 Å². The van der Waals surface area contributed by atoms with Crippen molar-refractivity contribution in [2.75, 3.05) is 0 Å². The number of carboxylic acids is 1. The number of aromatic amines is 1. The summed E-state index contributed by atoms with van der Waals surface area (Å²) in [5, 5.41) is 12.7. The van der Waals surface area contributed by atoms with Crippen LogP contribution in [0.5, 0.6) is 0 Å². The zero-order valence-electron chi connectivity index (χ0n) is 13.1. The van der Waals surface area contributed by atoms with Crippen LogP contribution in [0, 0.1) is 13.8 Å². The Labute approximate surface area is 172 Å². The van der Waals surface area contributed by atoms with E-state index in [9.17, 15) is 9.90 Å². The van der Waals surface area contributed by atoms with Crippen LogP contribution in [-0.4, -0.2) is 15.5 Å². The monoisotopic (exact) mass is 320 g/mol. The molecule has 1 N–H and O–H groups in total. The zero-order chi connectivity index (χ0) is 15.0. The average molecular weight is 320 g/mol. The summed E-state index contributed by atoms with van der Waals surface area (Å²) in [4.78, 5) is 14.8. The summed E-state index contributed by atoms with van der Waals surface area (Å²) in [5.41, 5.74) is 3.88. The number of carbonyl (C=O) groups is 1. The molecule has 3 aromatic rings. The third-order valence-corrected chi connectivity index (χ3v) is 4.00. The van der Waals surface area contributed by atoms with Crippen molar-refractivity contribution in [1.29, 1.82) is 0 Å². The van der Waals surface area contributed by atoms with Crippen LogP contribution in [0.15, 0.2) is 42.6 Å². The maximum Gasteiger partial charge on any atom is 1.00 e. The van der Waals surface area contributed by atoms with Gasteiger partial charge in [0.15, 0.2) is 0 Å². The van der Waals surface area contributed by atoms with Crippen LogP contribution in [0.2, 0.25) is 0 Å². The molecule has 108 valence electrons. The van der Waals surface area contributed by atoms with Gasteiger partial charge in [0.1, 0.15) is 0 Å². The van der Waals surface area contributed by atoms with Crippen LogP contribution in [0.25, 0.3) is 10.9 Å². The fraction of sp³-hybridized carbons (Fsp3) is 0.235. The van der Waals surface area contributed by atoms with Gasteiger partial charge in [0.05, 0.1) is 12.0 Å². The summed E-state index contributed by atoms with van der Waals surface area (Å²) < 4.78 is 1.83. The number of nitrogens with zero attached hydrogens (tertiary/aromatic N) is 1. The number of fused-ring (bicyclic) bond motifs is 1. The van der Waals surface area contributed by atoms with E-state index in [2.05, 4.69) is 4.98 Å². The van der Waals surface area contributed by atoms with Crippen molar-refractivity contribution in [2.45, 2.75) is 26.3 Å². The van der Waals surface area contributed by atoms with E-state index in [1.165, 1.54) is 0 Å². The fourth-order valence-corrected chi connectivity index (χ4v) is 2.96. The Hall–Kier alpha value is -0.854. The van der Waals surface area contributed by atoms with Crippen molar-refractivity contribution in [3.05, 3.63) is 59.5 Å². The predicted molar refractivity (Wildman–Crippen MR) is 80.0 cm³/mol. The maximum absolute atomic E-state index is 11.6. The molecule has 3 rings (SSSR count). The number of rotatable bonds is 4. The number of nitrogens with one attached hydrogen (secondary N) is 1. The molecule has 0 amide bonds. The molecule has 0 fully saturated rings. The van der Waals surface area contributed by atoms with E-state index >= 15 is 0 Å². The van der Waals surface area contributed by atoms with Crippen molar-refractivity contribution in [1.82, 2.24) is 9.55 Å². The SMILES string of the molecule is Cc1ccc(C)n1C(Cc1c[nH]c2ccccc12)C(=O)[O-].[K+]. The van der Waals surface area contributed by atoms with Gasteiger partial charge in [0, 0.05) is 34.9 Å². The van der Waals surface area contributed by atoms with E-state index in [1.807, 2.05) is 61.0 Å². The van der Waals surface area contributed by atoms with Gasteiger partial charge in [0.25, 0.3) is 0 Å². The first-order valence-electron chi connectivity index (χ1n) is 6.98. The van der Waals surface area contributed by atoms with Gasteiger partial charge in [-0.2, -0.15) is 0 Å². The van der Waals surface area contributed by atoms with Crippen LogP contribution in [0.3, 0.4) is 0 Å². The quantitative estimate of drug-likeness (QED) is 0.635. The second-order valence-electron chi connectivity index (χ2n) is 5.38. The number of carboxylic acid groups (broad SMARTS) is 1. The van der Waals surface area contributed by atoms with Crippen LogP contribution < -0.4 is 56.5 Å². The second-order valence-corrected chi connectivity index (χ2v) is 5.38. The van der Waals surface area contributed by atoms with Gasteiger partial charge in [0.2, 0.25) is 0 Å². The molecule has 0 aliphatic carbocycles. The molecule has 0 radical (unpaired) electrons. The van der Waals surface area contributed by atoms with E-state index < -0.39 is 12.0 Å². The minimum absolute atomic E-state index is 0. The Balaban J connectivity index is 0.00000176. The summed E-state index contributed by atoms with van der Waals surface area (Å²) in [6, 6.07) is 11.1. The van der Waals surface area contributed by atoms with Crippen molar-refractivity contribution < 1.29 is 61.3 Å². The third kappa shape index (κ3) is 3.24. The number of aliphatic carboxylic acids is 1. The molecule has 0 saturated carbocycles. The number of aromatic nitrogens is 2. The van der Waals surface area contributed by atoms with Crippen molar-refractivity contribution in [3.63, 3.8) is 0 Å². The number of para-hydroxylation sites is 1. The van der Waals surface area contributed by atoms with E-state index in [1.54, 1.807) is 0 Å². The van der Waals surface area contributed by atoms with Crippen LogP contribution in [0.1, 0.15) is 23.0 Å². The standard InChI is InChI=1S/C17H18N2O2.K/c1-11-7-8-12(2)19(11)16(17(20)21)9-13-10-18-15-6-4-3-5-14(13)15;/h3-8,10,16,18H,9H2,1-2H3,(H,20,21);/q;+1/p-1. The molecule has 22 heavy (non-hydrogen) atoms. The normalized spacial score (nSPS) is 12.1. The third-order valence-electron chi connectivity index (χ3n) is 4.00. The number of benzene rings is 1. The molecule has 5 heteroatoms. The molecular formula is C17H17KN2O2. The summed E-state index contributed by atoms with van der Waals surface area (Å²) >= 11 is 0. The number of hydrogen-bond acceptors (Lipinski definition) is 2. The molecule has 0 bridgehead atoms. The van der Waals surface area contributed by atoms with Crippen LogP contribution in [-0.2, 0) is 11.2 Å². The molecule has 1 unspecified atom stereocenters. The molecule has 4 nitrogen and oxygen atoms in total. The molecule has 1 aromatic carbocycles. The number of aryl methyl sites for hydroxylation is 2. The molecule has 0 saturated heterocycles. The number of hydrogen-bond donors (Lipinski definition) is 1. The number of carbonyl (C=O) groups excluding carboxylic acids is 1. The molecule has 0 spiro atoms. The molecule has 1 atom stereocenters. The molecule has 2 aromatic heterocycles. The van der Waals surface area contributed by atoms with Gasteiger partial charge in [-0.3, -0.25) is 0 Å². The van der Waals surface area contributed by atoms with Crippen LogP contribution in [0.4, 0.5) is 0 Å². The second kappa shape index (κ2) is 7.15. The summed E-state index contributed by atoms with van der Waals surface area (Å²) in [7, 11) is 0. The van der Waals surface area contributed by atoms with E-state index in [0.29, 0.717) is 6.42 Å². The first kappa shape index (κ1) is 17.5. The van der Waals surface area contributed by atoms with E-state index in [-0.39, 0.29) is 51.4 Å². The Morgan fingerprint density at radius 1 is 1.18 bits per heavy atom. The predicted octanol–water partition coefficient (Wildman–Crippen LogP) is -0.876. The van der Waals surface area contributed by atoms with Crippen LogP contribution >= 0.6 is 0 Å². The minimum atomic E-state index is -1.05. The summed E-state index contributed by atoms with van der Waals surface area (Å²) in [6.07, 6.45) is 2.29. The van der Waals surface area contributed by atoms with Crippen molar-refractivity contribution in [3.8, 4) is 0 Å². The van der Waals surface area contributed by atoms with E-state index in [4.69, 9.17) is 0 Å². The largest absolute Gasteiger partial charge is 1.00 e. The Morgan fingerprint density at radius 3 is 2.45 bits per heavy atom. The van der Waals surface area contributed by atoms with Gasteiger partial charge >= 0.3 is 51.4 Å². The summed E-state index contributed by atoms with van der Waals surface area (Å²) in [5.74, 6) is -1.05. The van der Waals surface area contributed by atoms with E-state index in [0.717, 1.165) is 27.9 Å². The topological polar surface area (TPSA) is 60.8 Å². The first-order chi connectivity index (χ1) is 10.1. The molecular weight excluding hydrogens is 303 g/mol. The Bertz CT molecular complexity index is 784. The average Bonchev–Trinajstić information content (AvgIpc) is 3.01. The van der Waals surface area contributed by atoms with Crippen molar-refractivity contribution in [2.24, 2.45) is 0 Å². The Morgan fingerprint density at radius 2 is 1.82 bits per heavy atom. The van der Waals surface area contributed by atoms with Gasteiger partial charge in [-0.1, -0.05) is 18.2 Å². The number of H-pyrrole nitrogens is 1. The summed E-state index contributed by atoms with van der Waals surface area (Å²) in [6.45, 7) is 3.83. The first-order valence-corrected chi connectivity index (χ1v) is 6.98. The minimum Gasteiger partial charge on any atom is -0.548 e. The fourth-order valence-electron chi connectivity index (χ4n) is 2.96. The molecule has 2 heterocycles. The van der Waals surface area contributed by atoms with Gasteiger partial charge in [-0.25, -0.2) is 0 Å². The zero-order valence-corrected chi connectivity index (χ0v) is 16.2. The smallest absolute Gasteiger partial charge is 0.548 e. The Kier molecular flexibility index (Phi) is 5.68. The maximum atomic E-state index is 11.6.